The van der Waals surface area contributed by atoms with E-state index in [9.17, 15) is 19.1 Å². The predicted octanol–water partition coefficient (Wildman–Crippen LogP) is 4.49. The largest absolute Gasteiger partial charge is 0.507 e. The molecule has 0 radical (unpaired) electrons. The highest BCUT2D eigenvalue weighted by Gasteiger charge is 2.46. The lowest BCUT2D eigenvalue weighted by molar-refractivity contribution is -0.139. The van der Waals surface area contributed by atoms with Crippen molar-refractivity contribution in [3.63, 3.8) is 0 Å². The molecule has 1 saturated heterocycles. The van der Waals surface area contributed by atoms with Crippen LogP contribution in [0.3, 0.4) is 0 Å². The third kappa shape index (κ3) is 3.62. The molecule has 5 heteroatoms. The van der Waals surface area contributed by atoms with Crippen molar-refractivity contribution in [2.75, 3.05) is 6.54 Å². The van der Waals surface area contributed by atoms with E-state index < -0.39 is 23.5 Å². The maximum atomic E-state index is 14.7. The van der Waals surface area contributed by atoms with E-state index >= 15 is 0 Å². The fourth-order valence-corrected chi connectivity index (χ4v) is 3.78. The highest BCUT2D eigenvalue weighted by Crippen LogP contribution is 2.40. The van der Waals surface area contributed by atoms with Gasteiger partial charge in [0.05, 0.1) is 11.6 Å². The number of benzene rings is 3. The second kappa shape index (κ2) is 8.33. The normalized spacial score (nSPS) is 18.0. The lowest BCUT2D eigenvalue weighted by Crippen LogP contribution is -2.32. The summed E-state index contributed by atoms with van der Waals surface area (Å²) in [6.45, 7) is 0.221. The molecule has 1 heterocycles. The average molecular weight is 401 g/mol. The van der Waals surface area contributed by atoms with Crippen LogP contribution in [0.25, 0.3) is 5.76 Å². The van der Waals surface area contributed by atoms with Gasteiger partial charge < -0.3 is 10.0 Å². The summed E-state index contributed by atoms with van der Waals surface area (Å²) in [5.41, 5.74) is 1.49. The molecule has 3 aromatic rings. The van der Waals surface area contributed by atoms with E-state index in [4.69, 9.17) is 0 Å². The summed E-state index contributed by atoms with van der Waals surface area (Å²) in [5, 5.41) is 10.9. The number of aliphatic hydroxyl groups is 1. The summed E-state index contributed by atoms with van der Waals surface area (Å²) in [6, 6.07) is 23.1. The quantitative estimate of drug-likeness (QED) is 0.389. The van der Waals surface area contributed by atoms with Gasteiger partial charge in [-0.2, -0.15) is 0 Å². The summed E-state index contributed by atoms with van der Waals surface area (Å²) in [5.74, 6) is -2.38. The molecule has 0 aromatic heterocycles. The van der Waals surface area contributed by atoms with Crippen LogP contribution in [0.1, 0.15) is 22.7 Å². The third-order valence-corrected chi connectivity index (χ3v) is 5.27. The van der Waals surface area contributed by atoms with E-state index in [0.29, 0.717) is 12.0 Å². The van der Waals surface area contributed by atoms with Crippen molar-refractivity contribution >= 4 is 17.4 Å². The zero-order valence-electron chi connectivity index (χ0n) is 16.2. The molecule has 3 aromatic carbocycles. The van der Waals surface area contributed by atoms with Crippen LogP contribution in [0.2, 0.25) is 0 Å². The first-order chi connectivity index (χ1) is 14.6. The number of Topliss-reactive ketones (excluding diaryl/α,β-unsaturated/α-hetero) is 1. The van der Waals surface area contributed by atoms with Gasteiger partial charge in [0.15, 0.2) is 0 Å². The van der Waals surface area contributed by atoms with Gasteiger partial charge in [0, 0.05) is 17.7 Å². The monoisotopic (exact) mass is 401 g/mol. The topological polar surface area (TPSA) is 57.6 Å². The number of carbonyl (C=O) groups excluding carboxylic acids is 2. The van der Waals surface area contributed by atoms with Gasteiger partial charge in [0.2, 0.25) is 0 Å². The number of amides is 1. The van der Waals surface area contributed by atoms with Crippen LogP contribution in [0, 0.1) is 5.82 Å². The van der Waals surface area contributed by atoms with E-state index in [1.165, 1.54) is 11.0 Å². The molecule has 1 aliphatic heterocycles. The average Bonchev–Trinajstić information content (AvgIpc) is 3.03. The number of halogens is 1. The molecule has 4 rings (SSSR count). The molecule has 1 N–H and O–H groups in total. The number of ketones is 1. The third-order valence-electron chi connectivity index (χ3n) is 5.27. The number of nitrogens with zero attached hydrogens (tertiary/aromatic N) is 1. The maximum Gasteiger partial charge on any atom is 0.295 e. The second-order valence-corrected chi connectivity index (χ2v) is 7.12. The van der Waals surface area contributed by atoms with Gasteiger partial charge in [0.1, 0.15) is 11.6 Å². The van der Waals surface area contributed by atoms with Crippen LogP contribution in [0.4, 0.5) is 4.39 Å². The molecule has 1 aliphatic rings. The van der Waals surface area contributed by atoms with E-state index in [0.717, 1.165) is 5.56 Å². The van der Waals surface area contributed by atoms with Crippen molar-refractivity contribution in [2.45, 2.75) is 12.5 Å². The van der Waals surface area contributed by atoms with E-state index in [2.05, 4.69) is 0 Å². The number of hydrogen-bond donors (Lipinski definition) is 1. The van der Waals surface area contributed by atoms with Gasteiger partial charge in [-0.05, 0) is 18.1 Å². The summed E-state index contributed by atoms with van der Waals surface area (Å²) in [6.07, 6.45) is 0.504. The Kier molecular flexibility index (Phi) is 5.44. The molecule has 30 heavy (non-hydrogen) atoms. The number of rotatable bonds is 5. The minimum absolute atomic E-state index is 0.0932. The molecule has 1 amide bonds. The number of likely N-dealkylation sites (tertiary alicyclic amines) is 1. The van der Waals surface area contributed by atoms with Crippen molar-refractivity contribution in [1.29, 1.82) is 0 Å². The number of aliphatic hydroxyl groups excluding tert-OH is 1. The smallest absolute Gasteiger partial charge is 0.295 e. The SMILES string of the molecule is O=C1C(=O)N(CCc2ccccc2)C(c2ccccc2F)/C1=C(\O)c1ccccc1. The van der Waals surface area contributed by atoms with E-state index in [-0.39, 0.29) is 23.4 Å². The van der Waals surface area contributed by atoms with Crippen LogP contribution in [-0.4, -0.2) is 28.2 Å². The Morgan fingerprint density at radius 1 is 0.867 bits per heavy atom. The fraction of sp³-hybridized carbons (Fsp3) is 0.120. The molecule has 0 bridgehead atoms. The van der Waals surface area contributed by atoms with Gasteiger partial charge in [0.25, 0.3) is 11.7 Å². The minimum Gasteiger partial charge on any atom is -0.507 e. The first kappa shape index (κ1) is 19.6. The molecular formula is C25H20FNO3. The maximum absolute atomic E-state index is 14.7. The first-order valence-corrected chi connectivity index (χ1v) is 9.70. The Labute approximate surface area is 173 Å². The molecule has 0 spiro atoms. The molecule has 1 fully saturated rings. The van der Waals surface area contributed by atoms with Crippen LogP contribution in [-0.2, 0) is 16.0 Å². The van der Waals surface area contributed by atoms with Gasteiger partial charge in [-0.25, -0.2) is 4.39 Å². The Hall–Kier alpha value is -3.73. The summed E-state index contributed by atoms with van der Waals surface area (Å²) < 4.78 is 14.7. The number of carbonyl (C=O) groups is 2. The lowest BCUT2D eigenvalue weighted by atomic mass is 9.95. The van der Waals surface area contributed by atoms with Crippen molar-refractivity contribution < 1.29 is 19.1 Å². The van der Waals surface area contributed by atoms with E-state index in [1.807, 2.05) is 30.3 Å². The standard InChI is InChI=1S/C25H20FNO3/c26-20-14-8-7-13-19(20)22-21(23(28)18-11-5-2-6-12-18)24(29)25(30)27(22)16-15-17-9-3-1-4-10-17/h1-14,22,28H,15-16H2/b23-21+. The molecule has 0 aliphatic carbocycles. The zero-order chi connectivity index (χ0) is 21.1. The molecule has 0 saturated carbocycles. The van der Waals surface area contributed by atoms with Crippen molar-refractivity contribution in [3.8, 4) is 0 Å². The van der Waals surface area contributed by atoms with E-state index in [1.54, 1.807) is 48.5 Å². The molecule has 1 unspecified atom stereocenters. The van der Waals surface area contributed by atoms with Crippen molar-refractivity contribution in [2.24, 2.45) is 0 Å². The van der Waals surface area contributed by atoms with Gasteiger partial charge in [-0.3, -0.25) is 9.59 Å². The predicted molar refractivity (Wildman–Crippen MR) is 112 cm³/mol. The zero-order valence-corrected chi connectivity index (χ0v) is 16.2. The summed E-state index contributed by atoms with van der Waals surface area (Å²) in [7, 11) is 0. The van der Waals surface area contributed by atoms with Crippen molar-refractivity contribution in [3.05, 3.63) is 113 Å². The Balaban J connectivity index is 1.80. The first-order valence-electron chi connectivity index (χ1n) is 9.70. The highest BCUT2D eigenvalue weighted by molar-refractivity contribution is 6.46. The summed E-state index contributed by atoms with van der Waals surface area (Å²) in [4.78, 5) is 27.1. The Morgan fingerprint density at radius 3 is 2.13 bits per heavy atom. The molecule has 4 nitrogen and oxygen atoms in total. The van der Waals surface area contributed by atoms with Crippen LogP contribution >= 0.6 is 0 Å². The van der Waals surface area contributed by atoms with Crippen molar-refractivity contribution in [1.82, 2.24) is 4.90 Å². The molecule has 1 atom stereocenters. The highest BCUT2D eigenvalue weighted by atomic mass is 19.1. The fourth-order valence-electron chi connectivity index (χ4n) is 3.78. The molecule has 150 valence electrons. The Bertz CT molecular complexity index is 1110. The Morgan fingerprint density at radius 2 is 1.47 bits per heavy atom. The van der Waals surface area contributed by atoms with Crippen LogP contribution < -0.4 is 0 Å². The summed E-state index contributed by atoms with van der Waals surface area (Å²) >= 11 is 0. The van der Waals surface area contributed by atoms with Gasteiger partial charge in [-0.1, -0.05) is 78.9 Å². The van der Waals surface area contributed by atoms with Crippen LogP contribution in [0.15, 0.2) is 90.5 Å². The molecular weight excluding hydrogens is 381 g/mol. The van der Waals surface area contributed by atoms with Crippen LogP contribution in [0.5, 0.6) is 0 Å². The minimum atomic E-state index is -0.991. The lowest BCUT2D eigenvalue weighted by Gasteiger charge is -2.25. The number of hydrogen-bond acceptors (Lipinski definition) is 3. The second-order valence-electron chi connectivity index (χ2n) is 7.12. The van der Waals surface area contributed by atoms with Gasteiger partial charge in [-0.15, -0.1) is 0 Å². The van der Waals surface area contributed by atoms with Gasteiger partial charge >= 0.3 is 0 Å².